The number of para-hydroxylation sites is 1. The molecule has 0 bridgehead atoms. The van der Waals surface area contributed by atoms with Gasteiger partial charge in [-0.25, -0.2) is 4.98 Å². The van der Waals surface area contributed by atoms with E-state index in [-0.39, 0.29) is 12.5 Å². The average Bonchev–Trinajstić information content (AvgIpc) is 3.41. The summed E-state index contributed by atoms with van der Waals surface area (Å²) in [7, 11) is 0. The highest BCUT2D eigenvalue weighted by atomic mass is 32.1. The molecular weight excluding hydrogens is 384 g/mol. The Morgan fingerprint density at radius 1 is 1.07 bits per heavy atom. The first-order chi connectivity index (χ1) is 14.1. The van der Waals surface area contributed by atoms with E-state index in [4.69, 9.17) is 9.72 Å². The molecule has 1 atom stereocenters. The Balaban J connectivity index is 1.56. The van der Waals surface area contributed by atoms with Crippen LogP contribution in [0.25, 0.3) is 10.2 Å². The molecule has 29 heavy (non-hydrogen) atoms. The minimum absolute atomic E-state index is 0.119. The van der Waals surface area contributed by atoms with Gasteiger partial charge < -0.3 is 9.64 Å². The second kappa shape index (κ2) is 8.33. The van der Waals surface area contributed by atoms with E-state index in [1.807, 2.05) is 61.5 Å². The second-order valence-corrected chi connectivity index (χ2v) is 8.73. The van der Waals surface area contributed by atoms with E-state index in [0.717, 1.165) is 46.7 Å². The monoisotopic (exact) mass is 408 g/mol. The van der Waals surface area contributed by atoms with E-state index in [9.17, 15) is 9.59 Å². The van der Waals surface area contributed by atoms with Crippen LogP contribution in [0.1, 0.15) is 30.3 Å². The van der Waals surface area contributed by atoms with Crippen LogP contribution < -0.4 is 0 Å². The van der Waals surface area contributed by atoms with Crippen LogP contribution in [0.4, 0.5) is 0 Å². The number of likely N-dealkylation sites (tertiary alicyclic amines) is 1. The van der Waals surface area contributed by atoms with E-state index in [2.05, 4.69) is 0 Å². The molecule has 1 saturated heterocycles. The third kappa shape index (κ3) is 4.17. The molecule has 3 aromatic rings. The highest BCUT2D eigenvalue weighted by Crippen LogP contribution is 2.33. The maximum atomic E-state index is 13.2. The number of hydrogen-bond acceptors (Lipinski definition) is 5. The number of rotatable bonds is 6. The van der Waals surface area contributed by atoms with Crippen LogP contribution in [0.15, 0.2) is 54.6 Å². The number of ether oxygens (including phenoxy) is 1. The van der Waals surface area contributed by atoms with Crippen LogP contribution in [0.2, 0.25) is 0 Å². The highest BCUT2D eigenvalue weighted by molar-refractivity contribution is 7.18. The predicted molar refractivity (Wildman–Crippen MR) is 114 cm³/mol. The van der Waals surface area contributed by atoms with Crippen molar-refractivity contribution in [2.45, 2.75) is 31.6 Å². The van der Waals surface area contributed by atoms with Gasteiger partial charge in [-0.15, -0.1) is 11.3 Å². The summed E-state index contributed by atoms with van der Waals surface area (Å²) in [5.41, 5.74) is 0.874. The SMILES string of the molecule is C[C@@](Cc1nc2ccccc2s1)(C(=O)OCC(=O)N1CCCC1)c1ccccc1. The second-order valence-electron chi connectivity index (χ2n) is 7.61. The fourth-order valence-electron chi connectivity index (χ4n) is 3.74. The Bertz CT molecular complexity index is 978. The molecule has 0 aliphatic carbocycles. The number of aromatic nitrogens is 1. The van der Waals surface area contributed by atoms with Crippen molar-refractivity contribution in [3.63, 3.8) is 0 Å². The van der Waals surface area contributed by atoms with Crippen molar-refractivity contribution in [1.82, 2.24) is 9.88 Å². The average molecular weight is 409 g/mol. The van der Waals surface area contributed by atoms with Gasteiger partial charge in [0.1, 0.15) is 0 Å². The molecule has 5 nitrogen and oxygen atoms in total. The van der Waals surface area contributed by atoms with Gasteiger partial charge in [-0.1, -0.05) is 42.5 Å². The first-order valence-electron chi connectivity index (χ1n) is 9.91. The molecule has 0 unspecified atom stereocenters. The molecule has 150 valence electrons. The normalized spacial score (nSPS) is 16.0. The van der Waals surface area contributed by atoms with Gasteiger partial charge in [-0.2, -0.15) is 0 Å². The number of carbonyl (C=O) groups is 2. The Morgan fingerprint density at radius 3 is 2.48 bits per heavy atom. The lowest BCUT2D eigenvalue weighted by atomic mass is 9.79. The van der Waals surface area contributed by atoms with Crippen LogP contribution >= 0.6 is 11.3 Å². The van der Waals surface area contributed by atoms with Crippen molar-refractivity contribution in [1.29, 1.82) is 0 Å². The number of thiazole rings is 1. The van der Waals surface area contributed by atoms with Gasteiger partial charge >= 0.3 is 5.97 Å². The molecule has 1 amide bonds. The third-order valence-electron chi connectivity index (χ3n) is 5.49. The van der Waals surface area contributed by atoms with Crippen LogP contribution in [0.5, 0.6) is 0 Å². The van der Waals surface area contributed by atoms with Crippen molar-refractivity contribution in [2.24, 2.45) is 0 Å². The van der Waals surface area contributed by atoms with Gasteiger partial charge in [0.05, 0.1) is 20.6 Å². The lowest BCUT2D eigenvalue weighted by molar-refractivity contribution is -0.156. The number of carbonyl (C=O) groups excluding carboxylic acids is 2. The van der Waals surface area contributed by atoms with Crippen molar-refractivity contribution in [2.75, 3.05) is 19.7 Å². The van der Waals surface area contributed by atoms with Crippen molar-refractivity contribution >= 4 is 33.4 Å². The molecule has 1 aliphatic rings. The molecule has 6 heteroatoms. The molecule has 0 radical (unpaired) electrons. The first kappa shape index (κ1) is 19.6. The number of amides is 1. The van der Waals surface area contributed by atoms with Crippen molar-refractivity contribution in [3.05, 3.63) is 65.2 Å². The van der Waals surface area contributed by atoms with Crippen LogP contribution in [0, 0.1) is 0 Å². The number of fused-ring (bicyclic) bond motifs is 1. The predicted octanol–water partition coefficient (Wildman–Crippen LogP) is 3.96. The van der Waals surface area contributed by atoms with Crippen molar-refractivity contribution < 1.29 is 14.3 Å². The fraction of sp³-hybridized carbons (Fsp3) is 0.348. The molecule has 1 aliphatic heterocycles. The maximum Gasteiger partial charge on any atom is 0.317 e. The quantitative estimate of drug-likeness (QED) is 0.579. The van der Waals surface area contributed by atoms with E-state index in [1.165, 1.54) is 0 Å². The van der Waals surface area contributed by atoms with Crippen LogP contribution in [0.3, 0.4) is 0 Å². The summed E-state index contributed by atoms with van der Waals surface area (Å²) in [6.45, 7) is 3.16. The zero-order valence-corrected chi connectivity index (χ0v) is 17.3. The summed E-state index contributed by atoms with van der Waals surface area (Å²) >= 11 is 1.59. The molecule has 2 aromatic carbocycles. The van der Waals surface area contributed by atoms with Gasteiger partial charge in [0, 0.05) is 19.5 Å². The van der Waals surface area contributed by atoms with Gasteiger partial charge in [0.15, 0.2) is 6.61 Å². The van der Waals surface area contributed by atoms with Gasteiger partial charge in [-0.05, 0) is 37.5 Å². The van der Waals surface area contributed by atoms with Gasteiger partial charge in [0.2, 0.25) is 0 Å². The molecular formula is C23H24N2O3S. The van der Waals surface area contributed by atoms with E-state index in [0.29, 0.717) is 6.42 Å². The molecule has 1 aromatic heterocycles. The molecule has 0 N–H and O–H groups in total. The Labute approximate surface area is 174 Å². The van der Waals surface area contributed by atoms with E-state index < -0.39 is 11.4 Å². The van der Waals surface area contributed by atoms with Crippen molar-refractivity contribution in [3.8, 4) is 0 Å². The van der Waals surface area contributed by atoms with Crippen LogP contribution in [-0.2, 0) is 26.2 Å². The largest absolute Gasteiger partial charge is 0.455 e. The smallest absolute Gasteiger partial charge is 0.317 e. The number of hydrogen-bond donors (Lipinski definition) is 0. The number of nitrogens with zero attached hydrogens (tertiary/aromatic N) is 2. The maximum absolute atomic E-state index is 13.2. The Morgan fingerprint density at radius 2 is 1.76 bits per heavy atom. The highest BCUT2D eigenvalue weighted by Gasteiger charge is 2.38. The standard InChI is InChI=1S/C23H24N2O3S/c1-23(17-9-3-2-4-10-17,15-20-24-18-11-5-6-12-19(18)29-20)22(27)28-16-21(26)25-13-7-8-14-25/h2-6,9-12H,7-8,13-16H2,1H3/t23-/m0/s1. The van der Waals surface area contributed by atoms with Crippen LogP contribution in [-0.4, -0.2) is 41.5 Å². The number of benzene rings is 2. The summed E-state index contributed by atoms with van der Waals surface area (Å²) in [5.74, 6) is -0.512. The third-order valence-corrected chi connectivity index (χ3v) is 6.53. The van der Waals surface area contributed by atoms with E-state index in [1.54, 1.807) is 16.2 Å². The number of esters is 1. The molecule has 0 spiro atoms. The minimum atomic E-state index is -0.916. The first-order valence-corrected chi connectivity index (χ1v) is 10.7. The zero-order valence-electron chi connectivity index (χ0n) is 16.5. The summed E-state index contributed by atoms with van der Waals surface area (Å²) in [6, 6.07) is 17.5. The van der Waals surface area contributed by atoms with Gasteiger partial charge in [0.25, 0.3) is 5.91 Å². The molecule has 4 rings (SSSR count). The summed E-state index contributed by atoms with van der Waals surface area (Å²) in [5, 5.41) is 0.875. The summed E-state index contributed by atoms with van der Waals surface area (Å²) in [4.78, 5) is 32.0. The van der Waals surface area contributed by atoms with E-state index >= 15 is 0 Å². The lowest BCUT2D eigenvalue weighted by Crippen LogP contribution is -2.39. The summed E-state index contributed by atoms with van der Waals surface area (Å²) in [6.07, 6.45) is 2.45. The molecule has 0 saturated carbocycles. The topological polar surface area (TPSA) is 59.5 Å². The summed E-state index contributed by atoms with van der Waals surface area (Å²) < 4.78 is 6.62. The minimum Gasteiger partial charge on any atom is -0.455 e. The molecule has 2 heterocycles. The zero-order chi connectivity index (χ0) is 20.3. The van der Waals surface area contributed by atoms with Gasteiger partial charge in [-0.3, -0.25) is 9.59 Å². The fourth-order valence-corrected chi connectivity index (χ4v) is 4.86. The lowest BCUT2D eigenvalue weighted by Gasteiger charge is -2.27. The molecule has 1 fully saturated rings. The Kier molecular flexibility index (Phi) is 5.62. The Hall–Kier alpha value is -2.73.